The van der Waals surface area contributed by atoms with Crippen LogP contribution in [0.4, 0.5) is 0 Å². The lowest BCUT2D eigenvalue weighted by Gasteiger charge is -2.05. The number of rotatable bonds is 8. The molecule has 0 aliphatic rings. The van der Waals surface area contributed by atoms with Gasteiger partial charge in [0.05, 0.1) is 13.7 Å². The average Bonchev–Trinajstić information content (AvgIpc) is 2.33. The summed E-state index contributed by atoms with van der Waals surface area (Å²) in [5.74, 6) is 1.10. The normalized spacial score (nSPS) is 10.2. The Morgan fingerprint density at radius 1 is 1.29 bits per heavy atom. The number of carbonyl (C=O) groups excluding carboxylic acids is 1. The van der Waals surface area contributed by atoms with E-state index in [1.807, 2.05) is 24.3 Å². The van der Waals surface area contributed by atoms with Crippen molar-refractivity contribution < 1.29 is 14.3 Å². The molecule has 0 bridgehead atoms. The van der Waals surface area contributed by atoms with Crippen molar-refractivity contribution in [2.24, 2.45) is 0 Å². The summed E-state index contributed by atoms with van der Waals surface area (Å²) < 4.78 is 10.7. The fraction of sp³-hybridized carbons (Fsp3) is 0.500. The lowest BCUT2D eigenvalue weighted by Crippen LogP contribution is -1.97. The second-order valence-electron chi connectivity index (χ2n) is 4.06. The standard InChI is InChI=1S/C14H20O3/c1-12(15)6-3-4-9-17-11-13-7-5-8-14(10-13)16-2/h5,7-8,10H,3-4,6,9,11H2,1-2H3. The zero-order valence-corrected chi connectivity index (χ0v) is 10.6. The maximum absolute atomic E-state index is 10.7. The first kappa shape index (κ1) is 13.7. The summed E-state index contributed by atoms with van der Waals surface area (Å²) in [6.45, 7) is 2.92. The summed E-state index contributed by atoms with van der Waals surface area (Å²) >= 11 is 0. The molecule has 0 radical (unpaired) electrons. The fourth-order valence-electron chi connectivity index (χ4n) is 1.53. The molecule has 0 aromatic heterocycles. The lowest BCUT2D eigenvalue weighted by atomic mass is 10.2. The van der Waals surface area contributed by atoms with Crippen molar-refractivity contribution in [3.8, 4) is 5.75 Å². The van der Waals surface area contributed by atoms with Crippen molar-refractivity contribution in [1.29, 1.82) is 0 Å². The molecule has 0 aliphatic carbocycles. The number of ketones is 1. The summed E-state index contributed by atoms with van der Waals surface area (Å²) in [7, 11) is 1.65. The second kappa shape index (κ2) is 7.85. The third kappa shape index (κ3) is 6.07. The highest BCUT2D eigenvalue weighted by atomic mass is 16.5. The Bertz CT molecular complexity index is 347. The Kier molecular flexibility index (Phi) is 6.33. The van der Waals surface area contributed by atoms with Gasteiger partial charge < -0.3 is 14.3 Å². The van der Waals surface area contributed by atoms with Gasteiger partial charge in [0.25, 0.3) is 0 Å². The van der Waals surface area contributed by atoms with Crippen LogP contribution < -0.4 is 4.74 Å². The first-order valence-corrected chi connectivity index (χ1v) is 5.92. The highest BCUT2D eigenvalue weighted by molar-refractivity contribution is 5.75. The van der Waals surface area contributed by atoms with Crippen molar-refractivity contribution in [2.45, 2.75) is 32.8 Å². The third-order valence-corrected chi connectivity index (χ3v) is 2.47. The molecule has 94 valence electrons. The predicted molar refractivity (Wildman–Crippen MR) is 67.2 cm³/mol. The Labute approximate surface area is 103 Å². The van der Waals surface area contributed by atoms with Crippen molar-refractivity contribution >= 4 is 5.78 Å². The Hall–Kier alpha value is -1.35. The van der Waals surface area contributed by atoms with Gasteiger partial charge in [0.15, 0.2) is 0 Å². The molecule has 0 aliphatic heterocycles. The van der Waals surface area contributed by atoms with Gasteiger partial charge in [0.2, 0.25) is 0 Å². The minimum atomic E-state index is 0.248. The van der Waals surface area contributed by atoms with Crippen LogP contribution in [0, 0.1) is 0 Å². The summed E-state index contributed by atoms with van der Waals surface area (Å²) in [5.41, 5.74) is 1.11. The van der Waals surface area contributed by atoms with Gasteiger partial charge in [-0.25, -0.2) is 0 Å². The number of Topliss-reactive ketones (excluding diaryl/α,β-unsaturated/α-hetero) is 1. The van der Waals surface area contributed by atoms with Crippen LogP contribution in [0.5, 0.6) is 5.75 Å². The molecule has 3 nitrogen and oxygen atoms in total. The second-order valence-corrected chi connectivity index (χ2v) is 4.06. The molecule has 17 heavy (non-hydrogen) atoms. The molecule has 0 atom stereocenters. The van der Waals surface area contributed by atoms with Crippen LogP contribution in [0.15, 0.2) is 24.3 Å². The molecule has 0 heterocycles. The van der Waals surface area contributed by atoms with E-state index in [-0.39, 0.29) is 5.78 Å². The highest BCUT2D eigenvalue weighted by Crippen LogP contribution is 2.13. The quantitative estimate of drug-likeness (QED) is 0.651. The Morgan fingerprint density at radius 3 is 2.82 bits per heavy atom. The predicted octanol–water partition coefficient (Wildman–Crippen LogP) is 2.97. The van der Waals surface area contributed by atoms with E-state index >= 15 is 0 Å². The van der Waals surface area contributed by atoms with Crippen LogP contribution in [0.25, 0.3) is 0 Å². The first-order valence-electron chi connectivity index (χ1n) is 5.92. The monoisotopic (exact) mass is 236 g/mol. The molecular weight excluding hydrogens is 216 g/mol. The van der Waals surface area contributed by atoms with E-state index in [4.69, 9.17) is 9.47 Å². The first-order chi connectivity index (χ1) is 8.22. The Balaban J connectivity index is 2.15. The summed E-state index contributed by atoms with van der Waals surface area (Å²) in [6.07, 6.45) is 2.50. The summed E-state index contributed by atoms with van der Waals surface area (Å²) in [6, 6.07) is 7.84. The topological polar surface area (TPSA) is 35.5 Å². The number of ether oxygens (including phenoxy) is 2. The van der Waals surface area contributed by atoms with Crippen LogP contribution in [-0.2, 0) is 16.1 Å². The fourth-order valence-corrected chi connectivity index (χ4v) is 1.53. The van der Waals surface area contributed by atoms with Crippen molar-refractivity contribution in [3.63, 3.8) is 0 Å². The molecule has 0 fully saturated rings. The number of methoxy groups -OCH3 is 1. The number of hydrogen-bond acceptors (Lipinski definition) is 3. The van der Waals surface area contributed by atoms with Crippen molar-refractivity contribution in [2.75, 3.05) is 13.7 Å². The van der Waals surface area contributed by atoms with E-state index in [1.54, 1.807) is 14.0 Å². The smallest absolute Gasteiger partial charge is 0.129 e. The number of benzene rings is 1. The van der Waals surface area contributed by atoms with Gasteiger partial charge in [0.1, 0.15) is 11.5 Å². The van der Waals surface area contributed by atoms with E-state index < -0.39 is 0 Å². The number of unbranched alkanes of at least 4 members (excludes halogenated alkanes) is 1. The molecule has 1 aromatic carbocycles. The van der Waals surface area contributed by atoms with Gasteiger partial charge in [0, 0.05) is 13.0 Å². The zero-order valence-electron chi connectivity index (χ0n) is 10.6. The van der Waals surface area contributed by atoms with Crippen molar-refractivity contribution in [3.05, 3.63) is 29.8 Å². The SMILES string of the molecule is COc1cccc(COCCCCC(C)=O)c1. The maximum atomic E-state index is 10.7. The van der Waals surface area contributed by atoms with Crippen LogP contribution in [0.2, 0.25) is 0 Å². The molecule has 1 rings (SSSR count). The van der Waals surface area contributed by atoms with Gasteiger partial charge in [-0.15, -0.1) is 0 Å². The lowest BCUT2D eigenvalue weighted by molar-refractivity contribution is -0.117. The van der Waals surface area contributed by atoms with Gasteiger partial charge in [-0.2, -0.15) is 0 Å². The largest absolute Gasteiger partial charge is 0.497 e. The number of carbonyl (C=O) groups is 1. The van der Waals surface area contributed by atoms with E-state index in [2.05, 4.69) is 0 Å². The number of hydrogen-bond donors (Lipinski definition) is 0. The average molecular weight is 236 g/mol. The molecule has 0 unspecified atom stereocenters. The Morgan fingerprint density at radius 2 is 2.12 bits per heavy atom. The van der Waals surface area contributed by atoms with Crippen LogP contribution in [0.1, 0.15) is 31.7 Å². The third-order valence-electron chi connectivity index (χ3n) is 2.47. The molecular formula is C14H20O3. The van der Waals surface area contributed by atoms with E-state index in [0.29, 0.717) is 19.6 Å². The van der Waals surface area contributed by atoms with Crippen LogP contribution in [0.3, 0.4) is 0 Å². The summed E-state index contributed by atoms with van der Waals surface area (Å²) in [4.78, 5) is 10.7. The molecule has 0 saturated carbocycles. The van der Waals surface area contributed by atoms with Gasteiger partial charge in [-0.3, -0.25) is 0 Å². The molecule has 0 amide bonds. The van der Waals surface area contributed by atoms with Crippen LogP contribution >= 0.6 is 0 Å². The summed E-state index contributed by atoms with van der Waals surface area (Å²) in [5, 5.41) is 0. The minimum Gasteiger partial charge on any atom is -0.497 e. The van der Waals surface area contributed by atoms with E-state index in [0.717, 1.165) is 24.2 Å². The van der Waals surface area contributed by atoms with Crippen molar-refractivity contribution in [1.82, 2.24) is 0 Å². The molecule has 0 saturated heterocycles. The maximum Gasteiger partial charge on any atom is 0.129 e. The molecule has 0 N–H and O–H groups in total. The van der Waals surface area contributed by atoms with Gasteiger partial charge in [-0.05, 0) is 37.5 Å². The van der Waals surface area contributed by atoms with E-state index in [1.165, 1.54) is 0 Å². The van der Waals surface area contributed by atoms with E-state index in [9.17, 15) is 4.79 Å². The van der Waals surface area contributed by atoms with Gasteiger partial charge in [-0.1, -0.05) is 12.1 Å². The van der Waals surface area contributed by atoms with Crippen LogP contribution in [-0.4, -0.2) is 19.5 Å². The molecule has 0 spiro atoms. The molecule has 1 aromatic rings. The molecule has 3 heteroatoms. The minimum absolute atomic E-state index is 0.248. The highest BCUT2D eigenvalue weighted by Gasteiger charge is 1.97. The van der Waals surface area contributed by atoms with Gasteiger partial charge >= 0.3 is 0 Å². The zero-order chi connectivity index (χ0) is 12.5.